The van der Waals surface area contributed by atoms with Gasteiger partial charge in [0.2, 0.25) is 0 Å². The van der Waals surface area contributed by atoms with E-state index in [1.54, 1.807) is 11.3 Å². The van der Waals surface area contributed by atoms with E-state index in [4.69, 9.17) is 5.11 Å². The highest BCUT2D eigenvalue weighted by Crippen LogP contribution is 2.21. The van der Waals surface area contributed by atoms with E-state index in [1.165, 1.54) is 28.0 Å². The van der Waals surface area contributed by atoms with E-state index in [0.29, 0.717) is 0 Å². The topological polar surface area (TPSA) is 62.2 Å². The quantitative estimate of drug-likeness (QED) is 0.884. The van der Waals surface area contributed by atoms with E-state index in [-0.39, 0.29) is 10.9 Å². The minimum absolute atomic E-state index is 0.0586. The van der Waals surface area contributed by atoms with Crippen molar-refractivity contribution in [2.24, 2.45) is 0 Å². The number of hydrogen-bond acceptors (Lipinski definition) is 5. The molecule has 0 bridgehead atoms. The first-order chi connectivity index (χ1) is 8.56. The Hall–Kier alpha value is -1.24. The molecule has 0 aliphatic carbocycles. The maximum atomic E-state index is 10.8. The van der Waals surface area contributed by atoms with Gasteiger partial charge in [0.1, 0.15) is 9.88 Å². The maximum absolute atomic E-state index is 10.8. The predicted molar refractivity (Wildman–Crippen MR) is 73.4 cm³/mol. The molecule has 0 aliphatic heterocycles. The van der Waals surface area contributed by atoms with E-state index >= 15 is 0 Å². The minimum atomic E-state index is -0.917. The van der Waals surface area contributed by atoms with Crippen LogP contribution in [0.15, 0.2) is 17.6 Å². The first kappa shape index (κ1) is 13.2. The summed E-state index contributed by atoms with van der Waals surface area (Å²) < 4.78 is 0. The molecule has 4 nitrogen and oxygen atoms in total. The van der Waals surface area contributed by atoms with E-state index in [9.17, 15) is 4.79 Å². The fraction of sp³-hybridized carbons (Fsp3) is 0.333. The first-order valence-corrected chi connectivity index (χ1v) is 7.22. The van der Waals surface area contributed by atoms with Crippen molar-refractivity contribution < 1.29 is 9.90 Å². The zero-order valence-corrected chi connectivity index (χ0v) is 11.8. The number of rotatable bonds is 5. The second-order valence-electron chi connectivity index (χ2n) is 4.04. The smallest absolute Gasteiger partial charge is 0.347 e. The minimum Gasteiger partial charge on any atom is -0.477 e. The van der Waals surface area contributed by atoms with Gasteiger partial charge in [0.25, 0.3) is 0 Å². The molecule has 0 saturated heterocycles. The summed E-state index contributed by atoms with van der Waals surface area (Å²) in [6, 6.07) is 2.21. The van der Waals surface area contributed by atoms with Gasteiger partial charge in [-0.15, -0.1) is 22.7 Å². The molecule has 0 saturated carbocycles. The normalized spacial score (nSPS) is 12.6. The lowest BCUT2D eigenvalue weighted by Gasteiger charge is -2.09. The van der Waals surface area contributed by atoms with Crippen molar-refractivity contribution in [2.75, 3.05) is 0 Å². The van der Waals surface area contributed by atoms with Crippen molar-refractivity contribution in [3.05, 3.63) is 38.0 Å². The average Bonchev–Trinajstić information content (AvgIpc) is 2.94. The number of hydrogen-bond donors (Lipinski definition) is 2. The van der Waals surface area contributed by atoms with E-state index < -0.39 is 5.97 Å². The molecule has 18 heavy (non-hydrogen) atoms. The Morgan fingerprint density at radius 2 is 2.39 bits per heavy atom. The van der Waals surface area contributed by atoms with Crippen LogP contribution < -0.4 is 5.32 Å². The maximum Gasteiger partial charge on any atom is 0.347 e. The first-order valence-electron chi connectivity index (χ1n) is 5.52. The zero-order valence-electron chi connectivity index (χ0n) is 10.1. The molecule has 2 heterocycles. The van der Waals surface area contributed by atoms with E-state index in [1.807, 2.05) is 6.92 Å². The van der Waals surface area contributed by atoms with Crippen LogP contribution in [0.25, 0.3) is 0 Å². The van der Waals surface area contributed by atoms with Crippen LogP contribution in [0.3, 0.4) is 0 Å². The van der Waals surface area contributed by atoms with Crippen molar-refractivity contribution in [2.45, 2.75) is 26.4 Å². The van der Waals surface area contributed by atoms with Crippen LogP contribution in [0.5, 0.6) is 0 Å². The van der Waals surface area contributed by atoms with Crippen LogP contribution in [0.2, 0.25) is 0 Å². The van der Waals surface area contributed by atoms with E-state index in [0.717, 1.165) is 11.6 Å². The molecule has 0 aromatic carbocycles. The van der Waals surface area contributed by atoms with Crippen LogP contribution in [0, 0.1) is 6.92 Å². The lowest BCUT2D eigenvalue weighted by Crippen LogP contribution is -2.17. The Kier molecular flexibility index (Phi) is 4.11. The van der Waals surface area contributed by atoms with Gasteiger partial charge in [0.15, 0.2) is 0 Å². The Balaban J connectivity index is 1.94. The summed E-state index contributed by atoms with van der Waals surface area (Å²) in [4.78, 5) is 16.5. The number of thiazole rings is 1. The molecule has 0 aliphatic rings. The lowest BCUT2D eigenvalue weighted by atomic mass is 10.3. The Bertz CT molecular complexity index is 548. The molecule has 0 spiro atoms. The van der Waals surface area contributed by atoms with Gasteiger partial charge in [-0.2, -0.15) is 0 Å². The number of aromatic nitrogens is 1. The standard InChI is InChI=1S/C12H14N2O2S2/c1-7-3-9(6-17-7)4-13-8(2)11-14-5-10(18-11)12(15)16/h3,5-6,8,13H,4H2,1-2H3,(H,15,16). The summed E-state index contributed by atoms with van der Waals surface area (Å²) in [7, 11) is 0. The number of aromatic carboxylic acids is 1. The predicted octanol–water partition coefficient (Wildman–Crippen LogP) is 3.06. The van der Waals surface area contributed by atoms with Gasteiger partial charge in [-0.3, -0.25) is 0 Å². The third-order valence-electron chi connectivity index (χ3n) is 2.50. The second-order valence-corrected chi connectivity index (χ2v) is 6.21. The molecule has 1 atom stereocenters. The molecule has 96 valence electrons. The Morgan fingerprint density at radius 3 is 2.94 bits per heavy atom. The second kappa shape index (κ2) is 5.60. The fourth-order valence-corrected chi connectivity index (χ4v) is 3.03. The molecular weight excluding hydrogens is 268 g/mol. The third kappa shape index (κ3) is 3.16. The number of thiophene rings is 1. The molecule has 0 amide bonds. The molecule has 1 unspecified atom stereocenters. The third-order valence-corrected chi connectivity index (χ3v) is 4.58. The summed E-state index contributed by atoms with van der Waals surface area (Å²) in [5.41, 5.74) is 1.25. The number of nitrogens with zero attached hydrogens (tertiary/aromatic N) is 1. The van der Waals surface area contributed by atoms with Crippen molar-refractivity contribution in [1.82, 2.24) is 10.3 Å². The highest BCUT2D eigenvalue weighted by atomic mass is 32.1. The highest BCUT2D eigenvalue weighted by Gasteiger charge is 2.13. The molecule has 0 radical (unpaired) electrons. The van der Waals surface area contributed by atoms with Crippen molar-refractivity contribution in [3.8, 4) is 0 Å². The average molecular weight is 282 g/mol. The van der Waals surface area contributed by atoms with Crippen LogP contribution in [0.1, 0.15) is 38.1 Å². The summed E-state index contributed by atoms with van der Waals surface area (Å²) in [5, 5.41) is 15.1. The van der Waals surface area contributed by atoms with Gasteiger partial charge >= 0.3 is 5.97 Å². The molecule has 6 heteroatoms. The summed E-state index contributed by atoms with van der Waals surface area (Å²) in [6.07, 6.45) is 1.41. The van der Waals surface area contributed by atoms with Gasteiger partial charge in [0, 0.05) is 11.4 Å². The number of carboxylic acids is 1. The molecule has 2 N–H and O–H groups in total. The molecule has 0 fully saturated rings. The van der Waals surface area contributed by atoms with Crippen LogP contribution in [-0.4, -0.2) is 16.1 Å². The monoisotopic (exact) mass is 282 g/mol. The van der Waals surface area contributed by atoms with Crippen LogP contribution >= 0.6 is 22.7 Å². The number of nitrogens with one attached hydrogen (secondary N) is 1. The van der Waals surface area contributed by atoms with Gasteiger partial charge in [-0.25, -0.2) is 9.78 Å². The van der Waals surface area contributed by atoms with Crippen molar-refractivity contribution in [3.63, 3.8) is 0 Å². The van der Waals surface area contributed by atoms with Crippen LogP contribution in [0.4, 0.5) is 0 Å². The number of aryl methyl sites for hydroxylation is 1. The Morgan fingerprint density at radius 1 is 1.61 bits per heavy atom. The highest BCUT2D eigenvalue weighted by molar-refractivity contribution is 7.13. The van der Waals surface area contributed by atoms with Gasteiger partial charge in [-0.05, 0) is 30.9 Å². The fourth-order valence-electron chi connectivity index (χ4n) is 1.54. The summed E-state index contributed by atoms with van der Waals surface area (Å²) >= 11 is 2.95. The number of carbonyl (C=O) groups is 1. The van der Waals surface area contributed by atoms with Crippen LogP contribution in [-0.2, 0) is 6.54 Å². The SMILES string of the molecule is Cc1cc(CNC(C)c2ncc(C(=O)O)s2)cs1. The zero-order chi connectivity index (χ0) is 13.1. The van der Waals surface area contributed by atoms with E-state index in [2.05, 4.69) is 28.7 Å². The molecule has 2 aromatic rings. The molecule has 2 rings (SSSR count). The lowest BCUT2D eigenvalue weighted by molar-refractivity contribution is 0.0702. The summed E-state index contributed by atoms with van der Waals surface area (Å²) in [6.45, 7) is 4.84. The largest absolute Gasteiger partial charge is 0.477 e. The Labute approximate surface area is 113 Å². The number of carboxylic acid groups (broad SMARTS) is 1. The van der Waals surface area contributed by atoms with Crippen molar-refractivity contribution in [1.29, 1.82) is 0 Å². The summed E-state index contributed by atoms with van der Waals surface area (Å²) in [5.74, 6) is -0.917. The van der Waals surface area contributed by atoms with Crippen molar-refractivity contribution >= 4 is 28.6 Å². The van der Waals surface area contributed by atoms with Gasteiger partial charge in [-0.1, -0.05) is 0 Å². The van der Waals surface area contributed by atoms with Gasteiger partial charge in [0.05, 0.1) is 12.2 Å². The molecule has 2 aromatic heterocycles. The molecular formula is C12H14N2O2S2. The van der Waals surface area contributed by atoms with Gasteiger partial charge < -0.3 is 10.4 Å².